The second kappa shape index (κ2) is 8.90. The highest BCUT2D eigenvalue weighted by Crippen LogP contribution is 2.15. The standard InChI is InChI=1S/C16H28N4/c1-2-3-4-5-6-10-17-15-9-7-13-20(14-15)16-18-11-8-12-19-16/h8,11-12,15,17H,2-7,9-10,13-14H2,1H3. The minimum absolute atomic E-state index is 0.596. The Kier molecular flexibility index (Phi) is 6.78. The Labute approximate surface area is 123 Å². The highest BCUT2D eigenvalue weighted by molar-refractivity contribution is 5.29. The summed E-state index contributed by atoms with van der Waals surface area (Å²) in [6, 6.07) is 2.47. The van der Waals surface area contributed by atoms with Gasteiger partial charge in [0.1, 0.15) is 0 Å². The number of aromatic nitrogens is 2. The molecular formula is C16H28N4. The fourth-order valence-corrected chi connectivity index (χ4v) is 2.81. The van der Waals surface area contributed by atoms with E-state index in [2.05, 4.69) is 27.1 Å². The average Bonchev–Trinajstić information content (AvgIpc) is 2.52. The zero-order valence-electron chi connectivity index (χ0n) is 12.7. The number of nitrogens with zero attached hydrogens (tertiary/aromatic N) is 3. The molecule has 4 heteroatoms. The molecule has 0 spiro atoms. The maximum Gasteiger partial charge on any atom is 0.225 e. The molecule has 0 amide bonds. The summed E-state index contributed by atoms with van der Waals surface area (Å²) in [6.07, 6.45) is 12.9. The van der Waals surface area contributed by atoms with Crippen molar-refractivity contribution in [3.05, 3.63) is 18.5 Å². The van der Waals surface area contributed by atoms with Crippen LogP contribution in [-0.2, 0) is 0 Å². The van der Waals surface area contributed by atoms with Gasteiger partial charge in [-0.25, -0.2) is 9.97 Å². The van der Waals surface area contributed by atoms with E-state index in [9.17, 15) is 0 Å². The van der Waals surface area contributed by atoms with E-state index in [1.807, 2.05) is 18.5 Å². The van der Waals surface area contributed by atoms with Gasteiger partial charge >= 0.3 is 0 Å². The fourth-order valence-electron chi connectivity index (χ4n) is 2.81. The van der Waals surface area contributed by atoms with E-state index < -0.39 is 0 Å². The van der Waals surface area contributed by atoms with Gasteiger partial charge in [-0.3, -0.25) is 0 Å². The summed E-state index contributed by atoms with van der Waals surface area (Å²) in [5.74, 6) is 0.877. The second-order valence-electron chi connectivity index (χ2n) is 5.70. The first-order valence-electron chi connectivity index (χ1n) is 8.15. The lowest BCUT2D eigenvalue weighted by Gasteiger charge is -2.33. The Bertz CT molecular complexity index is 355. The predicted molar refractivity (Wildman–Crippen MR) is 84.0 cm³/mol. The summed E-state index contributed by atoms with van der Waals surface area (Å²) >= 11 is 0. The summed E-state index contributed by atoms with van der Waals surface area (Å²) in [6.45, 7) is 5.54. The van der Waals surface area contributed by atoms with E-state index in [4.69, 9.17) is 0 Å². The Morgan fingerprint density at radius 3 is 2.80 bits per heavy atom. The number of piperidine rings is 1. The van der Waals surface area contributed by atoms with Gasteiger partial charge in [-0.15, -0.1) is 0 Å². The Hall–Kier alpha value is -1.16. The quantitative estimate of drug-likeness (QED) is 0.741. The van der Waals surface area contributed by atoms with Crippen molar-refractivity contribution in [1.82, 2.24) is 15.3 Å². The maximum absolute atomic E-state index is 4.35. The SMILES string of the molecule is CCCCCCCNC1CCCN(c2ncccn2)C1. The summed E-state index contributed by atoms with van der Waals surface area (Å²) in [5.41, 5.74) is 0. The molecule has 0 aliphatic carbocycles. The number of unbranched alkanes of at least 4 members (excludes halogenated alkanes) is 4. The highest BCUT2D eigenvalue weighted by atomic mass is 15.3. The molecule has 112 valence electrons. The number of nitrogens with one attached hydrogen (secondary N) is 1. The molecule has 0 radical (unpaired) electrons. The number of rotatable bonds is 8. The molecule has 1 unspecified atom stereocenters. The van der Waals surface area contributed by atoms with Crippen molar-refractivity contribution in [3.63, 3.8) is 0 Å². The Balaban J connectivity index is 1.66. The lowest BCUT2D eigenvalue weighted by atomic mass is 10.1. The van der Waals surface area contributed by atoms with Crippen molar-refractivity contribution in [2.45, 2.75) is 57.9 Å². The molecule has 0 aromatic carbocycles. The summed E-state index contributed by atoms with van der Waals surface area (Å²) in [4.78, 5) is 11.0. The molecule has 1 aromatic heterocycles. The molecule has 0 bridgehead atoms. The first-order chi connectivity index (χ1) is 9.90. The van der Waals surface area contributed by atoms with E-state index in [0.29, 0.717) is 6.04 Å². The van der Waals surface area contributed by atoms with Crippen LogP contribution in [0.2, 0.25) is 0 Å². The zero-order chi connectivity index (χ0) is 14.0. The smallest absolute Gasteiger partial charge is 0.225 e. The summed E-state index contributed by atoms with van der Waals surface area (Å²) < 4.78 is 0. The highest BCUT2D eigenvalue weighted by Gasteiger charge is 2.20. The number of hydrogen-bond acceptors (Lipinski definition) is 4. The number of hydrogen-bond donors (Lipinski definition) is 1. The first-order valence-corrected chi connectivity index (χ1v) is 8.15. The maximum atomic E-state index is 4.35. The second-order valence-corrected chi connectivity index (χ2v) is 5.70. The van der Waals surface area contributed by atoms with Crippen LogP contribution in [0.3, 0.4) is 0 Å². The molecular weight excluding hydrogens is 248 g/mol. The molecule has 1 aliphatic heterocycles. The van der Waals surface area contributed by atoms with E-state index in [-0.39, 0.29) is 0 Å². The van der Waals surface area contributed by atoms with E-state index >= 15 is 0 Å². The monoisotopic (exact) mass is 276 g/mol. The summed E-state index contributed by atoms with van der Waals surface area (Å²) in [5, 5.41) is 3.70. The van der Waals surface area contributed by atoms with Gasteiger partial charge in [-0.05, 0) is 31.9 Å². The van der Waals surface area contributed by atoms with Crippen LogP contribution in [0.25, 0.3) is 0 Å². The molecule has 20 heavy (non-hydrogen) atoms. The van der Waals surface area contributed by atoms with Gasteiger partial charge in [-0.1, -0.05) is 32.6 Å². The zero-order valence-corrected chi connectivity index (χ0v) is 12.7. The first kappa shape index (κ1) is 15.2. The third-order valence-electron chi connectivity index (χ3n) is 3.97. The lowest BCUT2D eigenvalue weighted by Crippen LogP contribution is -2.46. The van der Waals surface area contributed by atoms with Crippen LogP contribution >= 0.6 is 0 Å². The normalized spacial score (nSPS) is 19.2. The average molecular weight is 276 g/mol. The van der Waals surface area contributed by atoms with Crippen molar-refractivity contribution < 1.29 is 0 Å². The van der Waals surface area contributed by atoms with Crippen molar-refractivity contribution >= 4 is 5.95 Å². The van der Waals surface area contributed by atoms with Gasteiger partial charge in [0, 0.05) is 31.5 Å². The number of anilines is 1. The van der Waals surface area contributed by atoms with Gasteiger partial charge in [0.15, 0.2) is 0 Å². The molecule has 1 aromatic rings. The molecule has 1 atom stereocenters. The molecule has 2 rings (SSSR count). The van der Waals surface area contributed by atoms with Gasteiger partial charge in [0.05, 0.1) is 0 Å². The van der Waals surface area contributed by atoms with E-state index in [0.717, 1.165) is 25.6 Å². The Morgan fingerprint density at radius 2 is 2.00 bits per heavy atom. The molecule has 1 N–H and O–H groups in total. The van der Waals surface area contributed by atoms with Crippen molar-refractivity contribution in [1.29, 1.82) is 0 Å². The van der Waals surface area contributed by atoms with E-state index in [1.54, 1.807) is 0 Å². The molecule has 2 heterocycles. The van der Waals surface area contributed by atoms with Crippen LogP contribution in [0.1, 0.15) is 51.9 Å². The third-order valence-corrected chi connectivity index (χ3v) is 3.97. The topological polar surface area (TPSA) is 41.0 Å². The summed E-state index contributed by atoms with van der Waals surface area (Å²) in [7, 11) is 0. The van der Waals surface area contributed by atoms with Crippen molar-refractivity contribution in [3.8, 4) is 0 Å². The van der Waals surface area contributed by atoms with Crippen LogP contribution in [0.4, 0.5) is 5.95 Å². The fraction of sp³-hybridized carbons (Fsp3) is 0.750. The molecule has 0 saturated carbocycles. The van der Waals surface area contributed by atoms with Gasteiger partial charge in [0.25, 0.3) is 0 Å². The van der Waals surface area contributed by atoms with Crippen LogP contribution in [0.5, 0.6) is 0 Å². The van der Waals surface area contributed by atoms with Crippen LogP contribution in [0.15, 0.2) is 18.5 Å². The lowest BCUT2D eigenvalue weighted by molar-refractivity contribution is 0.413. The van der Waals surface area contributed by atoms with Crippen LogP contribution in [-0.4, -0.2) is 35.6 Å². The van der Waals surface area contributed by atoms with Crippen molar-refractivity contribution in [2.24, 2.45) is 0 Å². The van der Waals surface area contributed by atoms with Crippen LogP contribution in [0, 0.1) is 0 Å². The predicted octanol–water partition coefficient (Wildman–Crippen LogP) is 3.01. The van der Waals surface area contributed by atoms with Gasteiger partial charge < -0.3 is 10.2 Å². The van der Waals surface area contributed by atoms with E-state index in [1.165, 1.54) is 44.9 Å². The minimum atomic E-state index is 0.596. The van der Waals surface area contributed by atoms with Gasteiger partial charge in [0.2, 0.25) is 5.95 Å². The molecule has 1 fully saturated rings. The molecule has 1 aliphatic rings. The largest absolute Gasteiger partial charge is 0.339 e. The minimum Gasteiger partial charge on any atom is -0.339 e. The van der Waals surface area contributed by atoms with Crippen molar-refractivity contribution in [2.75, 3.05) is 24.5 Å². The van der Waals surface area contributed by atoms with Gasteiger partial charge in [-0.2, -0.15) is 0 Å². The Morgan fingerprint density at radius 1 is 1.20 bits per heavy atom. The third kappa shape index (κ3) is 5.08. The molecule has 1 saturated heterocycles. The molecule has 4 nitrogen and oxygen atoms in total. The van der Waals surface area contributed by atoms with Crippen LogP contribution < -0.4 is 10.2 Å².